The van der Waals surface area contributed by atoms with E-state index in [9.17, 15) is 18.6 Å². The van der Waals surface area contributed by atoms with Crippen LogP contribution in [0.5, 0.6) is 0 Å². The molecule has 0 spiro atoms. The lowest BCUT2D eigenvalue weighted by molar-refractivity contribution is -0.276. The quantitative estimate of drug-likeness (QED) is 0.400. The maximum atomic E-state index is 12.7. The van der Waals surface area contributed by atoms with Crippen molar-refractivity contribution in [1.82, 2.24) is 4.90 Å². The number of nitrogens with one attached hydrogen (secondary N) is 1. The lowest BCUT2D eigenvalue weighted by Gasteiger charge is -2.42. The number of aliphatic hydroxyl groups excluding tert-OH is 2. The van der Waals surface area contributed by atoms with E-state index < -0.39 is 16.3 Å². The predicted octanol–water partition coefficient (Wildman–Crippen LogP) is 3.84. The van der Waals surface area contributed by atoms with E-state index in [1.54, 1.807) is 42.5 Å². The smallest absolute Gasteiger partial charge is 0.261 e. The molecule has 0 saturated carbocycles. The second kappa shape index (κ2) is 11.5. The van der Waals surface area contributed by atoms with Gasteiger partial charge in [0.25, 0.3) is 10.0 Å². The van der Waals surface area contributed by atoms with Crippen molar-refractivity contribution < 1.29 is 28.1 Å². The lowest BCUT2D eigenvalue weighted by atomic mass is 9.90. The van der Waals surface area contributed by atoms with Gasteiger partial charge in [0.15, 0.2) is 6.29 Å². The summed E-state index contributed by atoms with van der Waals surface area (Å²) in [6.07, 6.45) is -0.581. The zero-order chi connectivity index (χ0) is 26.7. The molecule has 3 aromatic rings. The molecule has 2 heterocycles. The molecule has 202 valence electrons. The van der Waals surface area contributed by atoms with Crippen molar-refractivity contribution in [2.45, 2.75) is 49.4 Å². The van der Waals surface area contributed by atoms with E-state index in [4.69, 9.17) is 9.47 Å². The number of nitrogens with zero attached hydrogens (tertiary/aromatic N) is 1. The van der Waals surface area contributed by atoms with Gasteiger partial charge in [-0.2, -0.15) is 0 Å². The van der Waals surface area contributed by atoms with Crippen LogP contribution in [-0.4, -0.2) is 55.4 Å². The van der Waals surface area contributed by atoms with Gasteiger partial charge >= 0.3 is 0 Å². The molecule has 3 N–H and O–H groups in total. The largest absolute Gasteiger partial charge is 0.392 e. The molecule has 3 aromatic carbocycles. The zero-order valence-corrected chi connectivity index (χ0v) is 22.1. The summed E-state index contributed by atoms with van der Waals surface area (Å²) in [6, 6.07) is 23.0. The maximum Gasteiger partial charge on any atom is 0.261 e. The summed E-state index contributed by atoms with van der Waals surface area (Å²) in [4.78, 5) is 2.42. The molecule has 0 aromatic heterocycles. The topological polar surface area (TPSA) is 108 Å². The van der Waals surface area contributed by atoms with Gasteiger partial charge in [0.2, 0.25) is 0 Å². The van der Waals surface area contributed by atoms with Crippen LogP contribution in [0.3, 0.4) is 0 Å². The highest BCUT2D eigenvalue weighted by molar-refractivity contribution is 7.92. The first-order valence-corrected chi connectivity index (χ1v) is 14.4. The van der Waals surface area contributed by atoms with Crippen molar-refractivity contribution in [3.05, 3.63) is 95.6 Å². The fourth-order valence-corrected chi connectivity index (χ4v) is 6.16. The summed E-state index contributed by atoms with van der Waals surface area (Å²) in [5.41, 5.74) is 3.06. The number of likely N-dealkylation sites (tertiary alicyclic amines) is 1. The third-order valence-electron chi connectivity index (χ3n) is 7.30. The summed E-state index contributed by atoms with van der Waals surface area (Å²) in [6.45, 7) is 4.22. The van der Waals surface area contributed by atoms with Crippen LogP contribution in [0.2, 0.25) is 0 Å². The number of hydrogen-bond donors (Lipinski definition) is 3. The monoisotopic (exact) mass is 538 g/mol. The number of sulfonamides is 1. The lowest BCUT2D eigenvalue weighted by Crippen LogP contribution is -2.44. The predicted molar refractivity (Wildman–Crippen MR) is 144 cm³/mol. The van der Waals surface area contributed by atoms with Crippen LogP contribution in [-0.2, 0) is 26.1 Å². The van der Waals surface area contributed by atoms with Gasteiger partial charge in [-0.1, -0.05) is 61.5 Å². The Kier molecular flexibility index (Phi) is 8.13. The van der Waals surface area contributed by atoms with Crippen LogP contribution in [0.4, 0.5) is 5.69 Å². The molecule has 9 heteroatoms. The molecule has 0 radical (unpaired) electrons. The molecule has 5 atom stereocenters. The average Bonchev–Trinajstić information content (AvgIpc) is 3.35. The first-order valence-electron chi connectivity index (χ1n) is 12.9. The van der Waals surface area contributed by atoms with Crippen LogP contribution in [0.1, 0.15) is 42.4 Å². The molecule has 2 aliphatic rings. The number of aliphatic hydroxyl groups is 2. The Morgan fingerprint density at radius 3 is 2.26 bits per heavy atom. The Morgan fingerprint density at radius 1 is 0.947 bits per heavy atom. The molecule has 0 unspecified atom stereocenters. The minimum Gasteiger partial charge on any atom is -0.392 e. The third-order valence-corrected chi connectivity index (χ3v) is 8.69. The van der Waals surface area contributed by atoms with Crippen LogP contribution < -0.4 is 4.72 Å². The van der Waals surface area contributed by atoms with E-state index in [0.717, 1.165) is 29.7 Å². The molecule has 5 rings (SSSR count). The van der Waals surface area contributed by atoms with E-state index in [-0.39, 0.29) is 35.7 Å². The van der Waals surface area contributed by atoms with Gasteiger partial charge < -0.3 is 19.7 Å². The fraction of sp³-hybridized carbons (Fsp3) is 0.379. The van der Waals surface area contributed by atoms with Gasteiger partial charge in [0, 0.05) is 36.8 Å². The fourth-order valence-electron chi connectivity index (χ4n) is 5.08. The molecule has 8 nitrogen and oxygen atoms in total. The van der Waals surface area contributed by atoms with Gasteiger partial charge in [0.1, 0.15) is 0 Å². The number of anilines is 1. The van der Waals surface area contributed by atoms with Crippen molar-refractivity contribution in [2.75, 3.05) is 24.4 Å². The van der Waals surface area contributed by atoms with E-state index >= 15 is 0 Å². The molecule has 2 aliphatic heterocycles. The van der Waals surface area contributed by atoms with Crippen molar-refractivity contribution in [2.24, 2.45) is 5.92 Å². The van der Waals surface area contributed by atoms with Gasteiger partial charge in [0.05, 0.1) is 29.8 Å². The molecule has 0 aliphatic carbocycles. The van der Waals surface area contributed by atoms with E-state index in [1.165, 1.54) is 0 Å². The van der Waals surface area contributed by atoms with Crippen molar-refractivity contribution in [1.29, 1.82) is 0 Å². The third kappa shape index (κ3) is 6.09. The summed E-state index contributed by atoms with van der Waals surface area (Å²) in [7, 11) is -3.69. The normalized spacial score (nSPS) is 26.3. The first kappa shape index (κ1) is 26.8. The van der Waals surface area contributed by atoms with Gasteiger partial charge in [-0.25, -0.2) is 8.42 Å². The second-order valence-corrected chi connectivity index (χ2v) is 11.7. The maximum absolute atomic E-state index is 12.7. The highest BCUT2D eigenvalue weighted by atomic mass is 32.2. The molecular formula is C29H34N2O6S. The molecule has 0 bridgehead atoms. The molecule has 2 fully saturated rings. The number of rotatable bonds is 8. The Hall–Kier alpha value is -2.79. The van der Waals surface area contributed by atoms with E-state index in [1.807, 2.05) is 36.4 Å². The molecular weight excluding hydrogens is 504 g/mol. The summed E-state index contributed by atoms with van der Waals surface area (Å²) < 4.78 is 41.0. The van der Waals surface area contributed by atoms with Crippen LogP contribution in [0, 0.1) is 5.92 Å². The van der Waals surface area contributed by atoms with Crippen molar-refractivity contribution in [3.63, 3.8) is 0 Å². The van der Waals surface area contributed by atoms with Gasteiger partial charge in [-0.15, -0.1) is 0 Å². The first-order chi connectivity index (χ1) is 18.3. The average molecular weight is 539 g/mol. The molecule has 38 heavy (non-hydrogen) atoms. The Bertz CT molecular complexity index is 1300. The van der Waals surface area contributed by atoms with E-state index in [0.29, 0.717) is 18.8 Å². The summed E-state index contributed by atoms with van der Waals surface area (Å²) in [5.74, 6) is 0.0425. The van der Waals surface area contributed by atoms with Crippen molar-refractivity contribution >= 4 is 15.7 Å². The molecule has 0 amide bonds. The SMILES string of the molecule is C[C@H]1[C@@H](CN2CC[C@H](O)C2)O[C@@H](c2ccc(NS(=O)(=O)c3ccccc3)cc2)O[C@H]1c1ccc(CO)cc1. The number of ether oxygens (including phenoxy) is 2. The number of hydrogen-bond acceptors (Lipinski definition) is 7. The van der Waals surface area contributed by atoms with Gasteiger partial charge in [-0.3, -0.25) is 9.62 Å². The van der Waals surface area contributed by atoms with Crippen LogP contribution in [0.25, 0.3) is 0 Å². The summed E-state index contributed by atoms with van der Waals surface area (Å²) >= 11 is 0. The van der Waals surface area contributed by atoms with Crippen molar-refractivity contribution in [3.8, 4) is 0 Å². The highest BCUT2D eigenvalue weighted by Gasteiger charge is 2.39. The minimum absolute atomic E-state index is 0.0205. The van der Waals surface area contributed by atoms with Crippen LogP contribution >= 0.6 is 0 Å². The van der Waals surface area contributed by atoms with Gasteiger partial charge in [-0.05, 0) is 41.8 Å². The number of benzene rings is 3. The Balaban J connectivity index is 1.36. The minimum atomic E-state index is -3.69. The number of β-amino-alcohol motifs (C(OH)–C–C–N with tert-alkyl or cyclic N) is 1. The highest BCUT2D eigenvalue weighted by Crippen LogP contribution is 2.42. The molecule has 2 saturated heterocycles. The standard InChI is InChI=1S/C29H34N2O6S/c1-20-27(18-31-16-15-25(33)17-31)36-29(37-28(20)22-9-7-21(19-32)8-10-22)23-11-13-24(14-12-23)30-38(34,35)26-5-3-2-4-6-26/h2-14,20,25,27-30,32-33H,15-19H2,1H3/t20-,25-,27+,28+,29+/m0/s1. The Labute approximate surface area is 223 Å². The summed E-state index contributed by atoms with van der Waals surface area (Å²) in [5, 5.41) is 19.4. The second-order valence-electron chi connectivity index (χ2n) is 10.1. The van der Waals surface area contributed by atoms with Crippen LogP contribution in [0.15, 0.2) is 83.8 Å². The zero-order valence-electron chi connectivity index (χ0n) is 21.3. The Morgan fingerprint density at radius 2 is 1.63 bits per heavy atom. The van der Waals surface area contributed by atoms with E-state index in [2.05, 4.69) is 16.5 Å².